The van der Waals surface area contributed by atoms with Gasteiger partial charge in [0.15, 0.2) is 6.10 Å². The Morgan fingerprint density at radius 2 is 1.94 bits per heavy atom. The number of aromatic nitrogens is 3. The van der Waals surface area contributed by atoms with Crippen LogP contribution < -0.4 is 5.56 Å². The van der Waals surface area contributed by atoms with Gasteiger partial charge < -0.3 is 9.74 Å². The van der Waals surface area contributed by atoms with Gasteiger partial charge in [-0.05, 0) is 31.9 Å². The van der Waals surface area contributed by atoms with Gasteiger partial charge in [-0.25, -0.2) is 4.98 Å². The third-order valence-corrected chi connectivity index (χ3v) is 8.38. The molecule has 0 aliphatic carbocycles. The maximum absolute atomic E-state index is 12.8. The third kappa shape index (κ3) is 4.77. The fraction of sp³-hybridized carbons (Fsp3) is 0.417. The minimum atomic E-state index is -0.325. The smallest absolute Gasteiger partial charge is 0.266 e. The van der Waals surface area contributed by atoms with E-state index in [4.69, 9.17) is 33.0 Å². The maximum atomic E-state index is 12.8. The molecule has 184 valence electrons. The van der Waals surface area contributed by atoms with Crippen molar-refractivity contribution >= 4 is 46.2 Å². The zero-order valence-electron chi connectivity index (χ0n) is 19.4. The molecular weight excluding hydrogens is 509 g/mol. The lowest BCUT2D eigenvalue weighted by Crippen LogP contribution is -2.40. The summed E-state index contributed by atoms with van der Waals surface area (Å²) in [6.07, 6.45) is 1.93. The van der Waals surface area contributed by atoms with Crippen molar-refractivity contribution in [2.24, 2.45) is 12.2 Å². The molecule has 1 saturated heterocycles. The number of hydrogen-bond donors (Lipinski definition) is 0. The zero-order chi connectivity index (χ0) is 24.7. The number of likely N-dealkylation sites (tertiary alicyclic amines) is 1. The van der Waals surface area contributed by atoms with E-state index in [-0.39, 0.29) is 24.1 Å². The van der Waals surface area contributed by atoms with Crippen molar-refractivity contribution in [3.8, 4) is 0 Å². The number of carbonyl (C=O) groups is 1. The topological polar surface area (TPSA) is 81.7 Å². The third-order valence-electron chi connectivity index (χ3n) is 6.71. The summed E-state index contributed by atoms with van der Waals surface area (Å²) in [6.45, 7) is 3.35. The van der Waals surface area contributed by atoms with Gasteiger partial charge in [-0.2, -0.15) is 0 Å². The van der Waals surface area contributed by atoms with Crippen molar-refractivity contribution in [2.45, 2.75) is 44.8 Å². The molecule has 1 fully saturated rings. The Hall–Kier alpha value is -2.62. The molecule has 0 spiro atoms. The van der Waals surface area contributed by atoms with Gasteiger partial charge in [0.25, 0.3) is 5.56 Å². The van der Waals surface area contributed by atoms with Gasteiger partial charge in [0.2, 0.25) is 5.91 Å². The molecule has 5 rings (SSSR count). The van der Waals surface area contributed by atoms with Gasteiger partial charge in [0.05, 0.1) is 10.7 Å². The Balaban J connectivity index is 1.18. The van der Waals surface area contributed by atoms with Crippen LogP contribution >= 0.6 is 34.5 Å². The van der Waals surface area contributed by atoms with Crippen LogP contribution in [0, 0.1) is 6.92 Å². The van der Waals surface area contributed by atoms with Crippen LogP contribution in [-0.2, 0) is 23.2 Å². The molecule has 4 heterocycles. The molecule has 2 aromatic heterocycles. The molecular formula is C24H25Cl2N5O3S. The monoisotopic (exact) mass is 533 g/mol. The van der Waals surface area contributed by atoms with Crippen LogP contribution in [0.5, 0.6) is 0 Å². The van der Waals surface area contributed by atoms with E-state index in [1.165, 1.54) is 4.68 Å². The standard InChI is InChI=1S/C24H25Cl2N5O3S/c1-14-10-21(32)29(2)31(14)12-22(33)30-8-6-15(7-9-30)24-27-19(13-35-24)18-11-20(34-28-18)23-16(25)4-3-5-17(23)26/h3-5,10,13,15,20H,6-9,11-12H2,1-2H3. The van der Waals surface area contributed by atoms with Gasteiger partial charge in [0, 0.05) is 65.2 Å². The molecule has 0 N–H and O–H groups in total. The van der Waals surface area contributed by atoms with Crippen molar-refractivity contribution in [3.63, 3.8) is 0 Å². The highest BCUT2D eigenvalue weighted by Crippen LogP contribution is 2.38. The van der Waals surface area contributed by atoms with E-state index in [1.54, 1.807) is 47.3 Å². The number of carbonyl (C=O) groups excluding carboxylic acids is 1. The van der Waals surface area contributed by atoms with Crippen LogP contribution in [0.1, 0.15) is 53.2 Å². The first-order valence-corrected chi connectivity index (χ1v) is 13.1. The lowest BCUT2D eigenvalue weighted by atomic mass is 9.97. The minimum Gasteiger partial charge on any atom is -0.387 e. The second kappa shape index (κ2) is 9.79. The number of rotatable bonds is 5. The molecule has 11 heteroatoms. The summed E-state index contributed by atoms with van der Waals surface area (Å²) in [5.41, 5.74) is 3.03. The van der Waals surface area contributed by atoms with Crippen LogP contribution in [0.15, 0.2) is 39.6 Å². The number of halogens is 2. The predicted octanol–water partition coefficient (Wildman–Crippen LogP) is 4.53. The van der Waals surface area contributed by atoms with Crippen LogP contribution in [0.2, 0.25) is 10.0 Å². The fourth-order valence-corrected chi connectivity index (χ4v) is 6.29. The number of hydrogen-bond acceptors (Lipinski definition) is 6. The van der Waals surface area contributed by atoms with Crippen LogP contribution in [0.3, 0.4) is 0 Å². The molecule has 1 atom stereocenters. The summed E-state index contributed by atoms with van der Waals surface area (Å²) in [6, 6.07) is 6.94. The predicted molar refractivity (Wildman–Crippen MR) is 137 cm³/mol. The van der Waals surface area contributed by atoms with Crippen molar-refractivity contribution < 1.29 is 9.63 Å². The molecule has 8 nitrogen and oxygen atoms in total. The summed E-state index contributed by atoms with van der Waals surface area (Å²) in [5.74, 6) is 0.325. The second-order valence-corrected chi connectivity index (χ2v) is 10.6. The summed E-state index contributed by atoms with van der Waals surface area (Å²) < 4.78 is 3.20. The molecule has 1 amide bonds. The molecule has 1 aromatic carbocycles. The fourth-order valence-electron chi connectivity index (χ4n) is 4.65. The number of oxime groups is 1. The largest absolute Gasteiger partial charge is 0.387 e. The normalized spacial score (nSPS) is 18.6. The summed E-state index contributed by atoms with van der Waals surface area (Å²) in [7, 11) is 1.68. The molecule has 2 aliphatic rings. The molecule has 0 bridgehead atoms. The number of aryl methyl sites for hydroxylation is 1. The molecule has 2 aliphatic heterocycles. The van der Waals surface area contributed by atoms with Crippen LogP contribution in [0.25, 0.3) is 0 Å². The molecule has 0 radical (unpaired) electrons. The Morgan fingerprint density at radius 3 is 2.60 bits per heavy atom. The van der Waals surface area contributed by atoms with E-state index in [0.717, 1.165) is 40.5 Å². The maximum Gasteiger partial charge on any atom is 0.266 e. The van der Waals surface area contributed by atoms with Gasteiger partial charge in [0.1, 0.15) is 12.3 Å². The quantitative estimate of drug-likeness (QED) is 0.482. The van der Waals surface area contributed by atoms with E-state index in [0.29, 0.717) is 35.5 Å². The van der Waals surface area contributed by atoms with E-state index in [2.05, 4.69) is 5.16 Å². The highest BCUT2D eigenvalue weighted by atomic mass is 35.5. The lowest BCUT2D eigenvalue weighted by molar-refractivity contribution is -0.133. The van der Waals surface area contributed by atoms with Gasteiger partial charge in [-0.1, -0.05) is 34.4 Å². The average Bonchev–Trinajstić information content (AvgIpc) is 3.56. The number of thiazole rings is 1. The van der Waals surface area contributed by atoms with Gasteiger partial charge in [-0.15, -0.1) is 11.3 Å². The SMILES string of the molecule is Cc1cc(=O)n(C)n1CC(=O)N1CCC(c2nc(C3=NOC(c4c(Cl)cccc4Cl)C3)cs2)CC1. The van der Waals surface area contributed by atoms with Gasteiger partial charge in [-0.3, -0.25) is 19.0 Å². The second-order valence-electron chi connectivity index (χ2n) is 8.90. The van der Waals surface area contributed by atoms with Crippen LogP contribution in [-0.4, -0.2) is 44.0 Å². The highest BCUT2D eigenvalue weighted by molar-refractivity contribution is 7.10. The molecule has 0 saturated carbocycles. The van der Waals surface area contributed by atoms with Crippen molar-refractivity contribution in [1.82, 2.24) is 19.2 Å². The number of amides is 1. The zero-order valence-corrected chi connectivity index (χ0v) is 21.7. The number of benzene rings is 1. The Labute approximate surface area is 216 Å². The molecule has 1 unspecified atom stereocenters. The number of nitrogens with zero attached hydrogens (tertiary/aromatic N) is 5. The summed E-state index contributed by atoms with van der Waals surface area (Å²) in [5, 5.41) is 8.45. The first kappa shape index (κ1) is 24.1. The Morgan fingerprint density at radius 1 is 1.23 bits per heavy atom. The van der Waals surface area contributed by atoms with Crippen molar-refractivity contribution in [2.75, 3.05) is 13.1 Å². The number of piperidine rings is 1. The van der Waals surface area contributed by atoms with Crippen molar-refractivity contribution in [3.05, 3.63) is 72.0 Å². The van der Waals surface area contributed by atoms with E-state index < -0.39 is 0 Å². The van der Waals surface area contributed by atoms with E-state index in [9.17, 15) is 9.59 Å². The van der Waals surface area contributed by atoms with Gasteiger partial charge >= 0.3 is 0 Å². The summed E-state index contributed by atoms with van der Waals surface area (Å²) in [4.78, 5) is 37.0. The van der Waals surface area contributed by atoms with E-state index >= 15 is 0 Å². The Kier molecular flexibility index (Phi) is 6.74. The van der Waals surface area contributed by atoms with Crippen molar-refractivity contribution in [1.29, 1.82) is 0 Å². The summed E-state index contributed by atoms with van der Waals surface area (Å²) >= 11 is 14.3. The molecule has 35 heavy (non-hydrogen) atoms. The average molecular weight is 534 g/mol. The van der Waals surface area contributed by atoms with Crippen LogP contribution in [0.4, 0.5) is 0 Å². The molecule has 3 aromatic rings. The highest BCUT2D eigenvalue weighted by Gasteiger charge is 2.30. The first-order chi connectivity index (χ1) is 16.8. The minimum absolute atomic E-state index is 0.0271. The Bertz CT molecular complexity index is 1330. The van der Waals surface area contributed by atoms with E-state index in [1.807, 2.05) is 17.2 Å². The lowest BCUT2D eigenvalue weighted by Gasteiger charge is -2.31. The first-order valence-electron chi connectivity index (χ1n) is 11.5.